The summed E-state index contributed by atoms with van der Waals surface area (Å²) in [7, 11) is 0. The second-order valence-corrected chi connectivity index (χ2v) is 7.04. The van der Waals surface area contributed by atoms with E-state index in [2.05, 4.69) is 5.32 Å². The first-order valence-corrected chi connectivity index (χ1v) is 9.34. The quantitative estimate of drug-likeness (QED) is 0.425. The lowest BCUT2D eigenvalue weighted by Gasteiger charge is -2.09. The Morgan fingerprint density at radius 1 is 0.903 bits per heavy atom. The van der Waals surface area contributed by atoms with Crippen molar-refractivity contribution in [2.45, 2.75) is 6.92 Å². The number of benzene rings is 3. The number of aromatic hydroxyl groups is 1. The number of anilines is 1. The highest BCUT2D eigenvalue weighted by atomic mass is 16.4. The topological polar surface area (TPSA) is 117 Å². The number of carboxylic acids is 1. The largest absolute Gasteiger partial charge is 0.506 e. The maximum atomic E-state index is 12.5. The summed E-state index contributed by atoms with van der Waals surface area (Å²) in [5.74, 6) is -1.63. The minimum Gasteiger partial charge on any atom is -0.506 e. The van der Waals surface area contributed by atoms with Crippen LogP contribution in [0.3, 0.4) is 0 Å². The number of hydrogen-bond acceptors (Lipinski definition) is 5. The summed E-state index contributed by atoms with van der Waals surface area (Å²) in [6.07, 6.45) is 0. The van der Waals surface area contributed by atoms with Crippen molar-refractivity contribution in [3.05, 3.63) is 93.6 Å². The summed E-state index contributed by atoms with van der Waals surface area (Å²) in [6, 6.07) is 16.9. The van der Waals surface area contributed by atoms with E-state index in [1.807, 2.05) is 13.0 Å². The van der Waals surface area contributed by atoms with E-state index in [4.69, 9.17) is 9.52 Å². The predicted molar refractivity (Wildman–Crippen MR) is 116 cm³/mol. The molecule has 3 N–H and O–H groups in total. The first-order chi connectivity index (χ1) is 14.8. The van der Waals surface area contributed by atoms with Gasteiger partial charge in [-0.1, -0.05) is 23.8 Å². The normalized spacial score (nSPS) is 10.7. The number of aromatic carboxylic acids is 1. The lowest BCUT2D eigenvalue weighted by Crippen LogP contribution is -2.12. The van der Waals surface area contributed by atoms with Crippen LogP contribution in [0.2, 0.25) is 0 Å². The number of phenols is 1. The number of carbonyl (C=O) groups excluding carboxylic acids is 1. The molecule has 0 atom stereocenters. The lowest BCUT2D eigenvalue weighted by molar-refractivity contribution is 0.0696. The van der Waals surface area contributed by atoms with E-state index in [1.165, 1.54) is 18.2 Å². The van der Waals surface area contributed by atoms with Crippen LogP contribution in [0.15, 0.2) is 75.9 Å². The van der Waals surface area contributed by atoms with Gasteiger partial charge in [-0.15, -0.1) is 0 Å². The smallest absolute Gasteiger partial charge is 0.335 e. The monoisotopic (exact) mass is 415 g/mol. The Morgan fingerprint density at radius 3 is 2.29 bits per heavy atom. The number of amides is 1. The van der Waals surface area contributed by atoms with Crippen LogP contribution in [0.1, 0.15) is 26.3 Å². The molecule has 0 unspecified atom stereocenters. The molecule has 0 aliphatic rings. The Hall–Kier alpha value is -4.39. The molecule has 4 aromatic rings. The van der Waals surface area contributed by atoms with Crippen molar-refractivity contribution in [2.24, 2.45) is 0 Å². The van der Waals surface area contributed by atoms with Crippen molar-refractivity contribution < 1.29 is 24.2 Å². The Morgan fingerprint density at radius 2 is 1.61 bits per heavy atom. The van der Waals surface area contributed by atoms with Gasteiger partial charge >= 0.3 is 5.97 Å². The van der Waals surface area contributed by atoms with Gasteiger partial charge in [-0.3, -0.25) is 9.59 Å². The van der Waals surface area contributed by atoms with Gasteiger partial charge in [-0.25, -0.2) is 4.79 Å². The lowest BCUT2D eigenvalue weighted by atomic mass is 10.1. The van der Waals surface area contributed by atoms with Crippen molar-refractivity contribution >= 4 is 28.5 Å². The van der Waals surface area contributed by atoms with Gasteiger partial charge in [0.25, 0.3) is 5.91 Å². The fourth-order valence-electron chi connectivity index (χ4n) is 3.16. The molecule has 0 saturated carbocycles. The van der Waals surface area contributed by atoms with Gasteiger partial charge in [0, 0.05) is 17.2 Å². The summed E-state index contributed by atoms with van der Waals surface area (Å²) in [5, 5.41) is 21.9. The second kappa shape index (κ2) is 7.79. The SMILES string of the molecule is Cc1ccc2oc(-c3ccc(C(=O)Nc4ccc(C(=O)O)cc4O)cc3)cc(=O)c2c1. The zero-order chi connectivity index (χ0) is 22.1. The minimum absolute atomic E-state index is 0.0908. The van der Waals surface area contributed by atoms with Gasteiger partial charge in [0.05, 0.1) is 16.6 Å². The standard InChI is InChI=1S/C24H17NO6/c1-13-2-9-21-17(10-13)19(26)12-22(31-21)14-3-5-15(6-4-14)23(28)25-18-8-7-16(24(29)30)11-20(18)27/h2-12,27H,1H3,(H,25,28)(H,29,30). The van der Waals surface area contributed by atoms with E-state index in [0.29, 0.717) is 27.9 Å². The van der Waals surface area contributed by atoms with Crippen LogP contribution in [0.5, 0.6) is 5.75 Å². The molecule has 7 heteroatoms. The molecule has 1 heterocycles. The van der Waals surface area contributed by atoms with Gasteiger partial charge in [-0.05, 0) is 49.4 Å². The number of hydrogen-bond donors (Lipinski definition) is 3. The Bertz CT molecular complexity index is 1390. The van der Waals surface area contributed by atoms with Gasteiger partial charge in [-0.2, -0.15) is 0 Å². The van der Waals surface area contributed by atoms with Crippen molar-refractivity contribution in [3.8, 4) is 17.1 Å². The molecule has 0 bridgehead atoms. The van der Waals surface area contributed by atoms with Crippen molar-refractivity contribution in [1.29, 1.82) is 0 Å². The van der Waals surface area contributed by atoms with E-state index in [-0.39, 0.29) is 22.4 Å². The summed E-state index contributed by atoms with van der Waals surface area (Å²) < 4.78 is 5.84. The van der Waals surface area contributed by atoms with Crippen LogP contribution in [0.4, 0.5) is 5.69 Å². The zero-order valence-electron chi connectivity index (χ0n) is 16.4. The molecule has 1 amide bonds. The molecule has 3 aromatic carbocycles. The third-order valence-corrected chi connectivity index (χ3v) is 4.81. The van der Waals surface area contributed by atoms with Crippen LogP contribution in [0, 0.1) is 6.92 Å². The fourth-order valence-corrected chi connectivity index (χ4v) is 3.16. The average molecular weight is 415 g/mol. The number of carbonyl (C=O) groups is 2. The van der Waals surface area contributed by atoms with Crippen LogP contribution < -0.4 is 10.7 Å². The van der Waals surface area contributed by atoms with Gasteiger partial charge in [0.2, 0.25) is 0 Å². The van der Waals surface area contributed by atoms with E-state index < -0.39 is 11.9 Å². The molecular formula is C24H17NO6. The van der Waals surface area contributed by atoms with Crippen LogP contribution in [0.25, 0.3) is 22.3 Å². The number of aryl methyl sites for hydroxylation is 1. The first kappa shape index (κ1) is 19.9. The Labute approximate surface area is 176 Å². The highest BCUT2D eigenvalue weighted by Gasteiger charge is 2.13. The number of fused-ring (bicyclic) bond motifs is 1. The zero-order valence-corrected chi connectivity index (χ0v) is 16.4. The molecule has 0 aliphatic heterocycles. The van der Waals surface area contributed by atoms with Gasteiger partial charge < -0.3 is 19.9 Å². The average Bonchev–Trinajstić information content (AvgIpc) is 2.75. The fraction of sp³-hybridized carbons (Fsp3) is 0.0417. The first-order valence-electron chi connectivity index (χ1n) is 9.34. The van der Waals surface area contributed by atoms with E-state index in [0.717, 1.165) is 11.6 Å². The molecule has 0 fully saturated rings. The molecule has 0 saturated heterocycles. The van der Waals surface area contributed by atoms with E-state index >= 15 is 0 Å². The number of carboxylic acid groups (broad SMARTS) is 1. The number of rotatable bonds is 4. The van der Waals surface area contributed by atoms with Crippen LogP contribution in [-0.4, -0.2) is 22.1 Å². The van der Waals surface area contributed by atoms with E-state index in [9.17, 15) is 19.5 Å². The Balaban J connectivity index is 1.58. The summed E-state index contributed by atoms with van der Waals surface area (Å²) in [6.45, 7) is 1.90. The molecule has 0 radical (unpaired) electrons. The predicted octanol–water partition coefficient (Wildman–Crippen LogP) is 4.42. The second-order valence-electron chi connectivity index (χ2n) is 7.04. The van der Waals surface area contributed by atoms with Gasteiger partial charge in [0.15, 0.2) is 5.43 Å². The third-order valence-electron chi connectivity index (χ3n) is 4.81. The Kier molecular flexibility index (Phi) is 5.00. The van der Waals surface area contributed by atoms with Crippen molar-refractivity contribution in [2.75, 3.05) is 5.32 Å². The molecule has 154 valence electrons. The van der Waals surface area contributed by atoms with Crippen molar-refractivity contribution in [3.63, 3.8) is 0 Å². The molecule has 0 aliphatic carbocycles. The molecular weight excluding hydrogens is 398 g/mol. The number of nitrogens with one attached hydrogen (secondary N) is 1. The summed E-state index contributed by atoms with van der Waals surface area (Å²) in [5.41, 5.74) is 2.24. The molecule has 4 rings (SSSR count). The third kappa shape index (κ3) is 4.02. The highest BCUT2D eigenvalue weighted by molar-refractivity contribution is 6.05. The van der Waals surface area contributed by atoms with Gasteiger partial charge in [0.1, 0.15) is 17.1 Å². The van der Waals surface area contributed by atoms with Crippen LogP contribution >= 0.6 is 0 Å². The molecule has 0 spiro atoms. The van der Waals surface area contributed by atoms with Crippen molar-refractivity contribution in [1.82, 2.24) is 0 Å². The number of phenolic OH excluding ortho intramolecular Hbond substituents is 1. The summed E-state index contributed by atoms with van der Waals surface area (Å²) >= 11 is 0. The molecule has 7 nitrogen and oxygen atoms in total. The molecule has 1 aromatic heterocycles. The summed E-state index contributed by atoms with van der Waals surface area (Å²) in [4.78, 5) is 35.8. The van der Waals surface area contributed by atoms with E-state index in [1.54, 1.807) is 36.4 Å². The van der Waals surface area contributed by atoms with Crippen LogP contribution in [-0.2, 0) is 0 Å². The molecule has 31 heavy (non-hydrogen) atoms. The minimum atomic E-state index is -1.18. The highest BCUT2D eigenvalue weighted by Crippen LogP contribution is 2.26. The maximum Gasteiger partial charge on any atom is 0.335 e. The maximum absolute atomic E-state index is 12.5.